The van der Waals surface area contributed by atoms with Gasteiger partial charge in [0.2, 0.25) is 0 Å². The summed E-state index contributed by atoms with van der Waals surface area (Å²) in [6.45, 7) is 0. The lowest BCUT2D eigenvalue weighted by molar-refractivity contribution is 0.102. The molecule has 2 aromatic carbocycles. The van der Waals surface area contributed by atoms with Crippen molar-refractivity contribution in [2.75, 3.05) is 5.32 Å². The Hall–Kier alpha value is -1.95. The molecule has 2 N–H and O–H groups in total. The number of benzene rings is 2. The first kappa shape index (κ1) is 13.5. The Labute approximate surface area is 116 Å². The second kappa shape index (κ2) is 5.36. The van der Waals surface area contributed by atoms with Gasteiger partial charge in [-0.05, 0) is 36.4 Å². The Balaban J connectivity index is 2.30. The van der Waals surface area contributed by atoms with Crippen LogP contribution in [0.15, 0.2) is 40.9 Å². The predicted octanol–water partition coefficient (Wildman–Crippen LogP) is 3.69. The number of rotatable bonds is 2. The minimum absolute atomic E-state index is 0.0666. The average molecular weight is 328 g/mol. The van der Waals surface area contributed by atoms with E-state index < -0.39 is 17.5 Å². The van der Waals surface area contributed by atoms with Crippen LogP contribution in [0.25, 0.3) is 0 Å². The maximum absolute atomic E-state index is 13.5. The zero-order valence-electron chi connectivity index (χ0n) is 9.45. The summed E-state index contributed by atoms with van der Waals surface area (Å²) in [6, 6.07) is 6.97. The molecule has 0 unspecified atom stereocenters. The van der Waals surface area contributed by atoms with E-state index >= 15 is 0 Å². The maximum atomic E-state index is 13.5. The summed E-state index contributed by atoms with van der Waals surface area (Å²) in [6.07, 6.45) is 0. The van der Waals surface area contributed by atoms with E-state index in [0.29, 0.717) is 4.47 Å². The van der Waals surface area contributed by atoms with Crippen molar-refractivity contribution in [2.24, 2.45) is 0 Å². The normalized spacial score (nSPS) is 10.3. The second-order valence-electron chi connectivity index (χ2n) is 3.74. The molecule has 19 heavy (non-hydrogen) atoms. The van der Waals surface area contributed by atoms with Gasteiger partial charge in [-0.1, -0.05) is 15.9 Å². The van der Waals surface area contributed by atoms with Crippen molar-refractivity contribution >= 4 is 27.5 Å². The largest absolute Gasteiger partial charge is 0.507 e. The van der Waals surface area contributed by atoms with E-state index in [1.165, 1.54) is 18.2 Å². The third-order valence-electron chi connectivity index (χ3n) is 2.38. The van der Waals surface area contributed by atoms with Crippen LogP contribution >= 0.6 is 15.9 Å². The Bertz CT molecular complexity index is 647. The Morgan fingerprint density at radius 3 is 2.63 bits per heavy atom. The molecule has 0 aliphatic rings. The minimum atomic E-state index is -0.797. The summed E-state index contributed by atoms with van der Waals surface area (Å²) >= 11 is 3.14. The number of phenolic OH excluding ortho intramolecular Hbond substituents is 1. The van der Waals surface area contributed by atoms with Crippen LogP contribution in [-0.2, 0) is 0 Å². The molecule has 0 aliphatic carbocycles. The third kappa shape index (κ3) is 3.08. The number of anilines is 1. The van der Waals surface area contributed by atoms with Gasteiger partial charge in [-0.15, -0.1) is 0 Å². The van der Waals surface area contributed by atoms with Gasteiger partial charge in [-0.25, -0.2) is 8.78 Å². The molecular formula is C13H8BrF2NO2. The van der Waals surface area contributed by atoms with Crippen LogP contribution in [0.1, 0.15) is 10.4 Å². The molecule has 0 radical (unpaired) electrons. The number of carbonyl (C=O) groups is 1. The molecule has 6 heteroatoms. The third-order valence-corrected chi connectivity index (χ3v) is 2.87. The summed E-state index contributed by atoms with van der Waals surface area (Å²) in [5.41, 5.74) is -0.331. The summed E-state index contributed by atoms with van der Waals surface area (Å²) in [4.78, 5) is 11.8. The number of carbonyl (C=O) groups excluding carboxylic acids is 1. The van der Waals surface area contributed by atoms with Crippen molar-refractivity contribution in [1.82, 2.24) is 0 Å². The fourth-order valence-electron chi connectivity index (χ4n) is 1.47. The highest BCUT2D eigenvalue weighted by atomic mass is 79.9. The first-order valence-electron chi connectivity index (χ1n) is 5.22. The zero-order valence-corrected chi connectivity index (χ0v) is 11.0. The molecule has 0 saturated heterocycles. The molecule has 2 rings (SSSR count). The van der Waals surface area contributed by atoms with Gasteiger partial charge >= 0.3 is 0 Å². The van der Waals surface area contributed by atoms with E-state index in [2.05, 4.69) is 21.2 Å². The van der Waals surface area contributed by atoms with Crippen molar-refractivity contribution in [3.8, 4) is 5.75 Å². The standard InChI is InChI=1S/C13H8BrF2NO2/c14-7-1-3-10(16)11(5-7)17-13(19)9-6-8(15)2-4-12(9)18/h1-6,18H,(H,17,19). The number of amides is 1. The minimum Gasteiger partial charge on any atom is -0.507 e. The molecule has 0 saturated carbocycles. The van der Waals surface area contributed by atoms with Gasteiger partial charge in [0.25, 0.3) is 5.91 Å². The molecule has 0 heterocycles. The van der Waals surface area contributed by atoms with Gasteiger partial charge in [0, 0.05) is 4.47 Å². The fourth-order valence-corrected chi connectivity index (χ4v) is 1.83. The molecule has 0 fully saturated rings. The van der Waals surface area contributed by atoms with E-state index in [4.69, 9.17) is 0 Å². The summed E-state index contributed by atoms with van der Waals surface area (Å²) in [7, 11) is 0. The van der Waals surface area contributed by atoms with Crippen LogP contribution in [-0.4, -0.2) is 11.0 Å². The van der Waals surface area contributed by atoms with Gasteiger partial charge < -0.3 is 10.4 Å². The Morgan fingerprint density at radius 1 is 1.16 bits per heavy atom. The van der Waals surface area contributed by atoms with Crippen LogP contribution in [0.3, 0.4) is 0 Å². The number of phenols is 1. The molecule has 0 atom stereocenters. The quantitative estimate of drug-likeness (QED) is 0.883. The lowest BCUT2D eigenvalue weighted by Crippen LogP contribution is -2.13. The van der Waals surface area contributed by atoms with Crippen LogP contribution < -0.4 is 5.32 Å². The van der Waals surface area contributed by atoms with Crippen LogP contribution in [0.2, 0.25) is 0 Å². The summed E-state index contributed by atoms with van der Waals surface area (Å²) in [5, 5.41) is 11.7. The van der Waals surface area contributed by atoms with Crippen molar-refractivity contribution in [3.05, 3.63) is 58.1 Å². The lowest BCUT2D eigenvalue weighted by Gasteiger charge is -2.08. The van der Waals surface area contributed by atoms with Gasteiger partial charge in [0.15, 0.2) is 0 Å². The number of nitrogens with one attached hydrogen (secondary N) is 1. The van der Waals surface area contributed by atoms with E-state index in [1.807, 2.05) is 0 Å². The van der Waals surface area contributed by atoms with Gasteiger partial charge in [-0.2, -0.15) is 0 Å². The number of halogens is 3. The fraction of sp³-hybridized carbons (Fsp3) is 0. The number of hydrogen-bond acceptors (Lipinski definition) is 2. The number of hydrogen-bond donors (Lipinski definition) is 2. The average Bonchev–Trinajstić information content (AvgIpc) is 2.36. The van der Waals surface area contributed by atoms with Crippen LogP contribution in [0.4, 0.5) is 14.5 Å². The molecule has 0 aliphatic heterocycles. The monoisotopic (exact) mass is 327 g/mol. The molecule has 3 nitrogen and oxygen atoms in total. The maximum Gasteiger partial charge on any atom is 0.259 e. The smallest absolute Gasteiger partial charge is 0.259 e. The van der Waals surface area contributed by atoms with Gasteiger partial charge in [0.1, 0.15) is 17.4 Å². The van der Waals surface area contributed by atoms with Crippen molar-refractivity contribution in [1.29, 1.82) is 0 Å². The van der Waals surface area contributed by atoms with Crippen molar-refractivity contribution in [3.63, 3.8) is 0 Å². The van der Waals surface area contributed by atoms with E-state index in [9.17, 15) is 18.7 Å². The Morgan fingerprint density at radius 2 is 1.89 bits per heavy atom. The highest BCUT2D eigenvalue weighted by Crippen LogP contribution is 2.23. The van der Waals surface area contributed by atoms with Crippen molar-refractivity contribution < 1.29 is 18.7 Å². The van der Waals surface area contributed by atoms with E-state index in [1.54, 1.807) is 0 Å². The highest BCUT2D eigenvalue weighted by molar-refractivity contribution is 9.10. The van der Waals surface area contributed by atoms with E-state index in [0.717, 1.165) is 18.2 Å². The SMILES string of the molecule is O=C(Nc1cc(Br)ccc1F)c1cc(F)ccc1O. The first-order chi connectivity index (χ1) is 8.97. The molecule has 0 aromatic heterocycles. The van der Waals surface area contributed by atoms with Crippen molar-refractivity contribution in [2.45, 2.75) is 0 Å². The first-order valence-corrected chi connectivity index (χ1v) is 6.01. The molecule has 0 bridgehead atoms. The molecule has 98 valence electrons. The summed E-state index contributed by atoms with van der Waals surface area (Å²) in [5.74, 6) is -2.48. The summed E-state index contributed by atoms with van der Waals surface area (Å²) < 4.78 is 27.0. The topological polar surface area (TPSA) is 49.3 Å². The lowest BCUT2D eigenvalue weighted by atomic mass is 10.1. The molecule has 2 aromatic rings. The molecular weight excluding hydrogens is 320 g/mol. The zero-order chi connectivity index (χ0) is 14.0. The molecule has 0 spiro atoms. The van der Waals surface area contributed by atoms with E-state index in [-0.39, 0.29) is 17.0 Å². The highest BCUT2D eigenvalue weighted by Gasteiger charge is 2.14. The predicted molar refractivity (Wildman–Crippen MR) is 70.1 cm³/mol. The van der Waals surface area contributed by atoms with Crippen LogP contribution in [0.5, 0.6) is 5.75 Å². The van der Waals surface area contributed by atoms with Crippen LogP contribution in [0, 0.1) is 11.6 Å². The Kier molecular flexibility index (Phi) is 3.80. The van der Waals surface area contributed by atoms with Gasteiger partial charge in [-0.3, -0.25) is 4.79 Å². The second-order valence-corrected chi connectivity index (χ2v) is 4.66. The van der Waals surface area contributed by atoms with Gasteiger partial charge in [0.05, 0.1) is 11.3 Å². The molecule has 1 amide bonds. The number of aromatic hydroxyl groups is 1.